The van der Waals surface area contributed by atoms with E-state index < -0.39 is 10.0 Å². The van der Waals surface area contributed by atoms with Crippen LogP contribution in [0.3, 0.4) is 0 Å². The van der Waals surface area contributed by atoms with Crippen LogP contribution in [0.25, 0.3) is 0 Å². The van der Waals surface area contributed by atoms with Gasteiger partial charge in [-0.1, -0.05) is 0 Å². The molecule has 0 spiro atoms. The number of nitrogens with one attached hydrogen (secondary N) is 1. The Morgan fingerprint density at radius 1 is 1.47 bits per heavy atom. The quantitative estimate of drug-likeness (QED) is 0.827. The topological polar surface area (TPSA) is 79.3 Å². The monoisotopic (exact) mass is 292 g/mol. The lowest BCUT2D eigenvalue weighted by Crippen LogP contribution is -2.18. The molecule has 1 fully saturated rings. The van der Waals surface area contributed by atoms with Gasteiger partial charge in [0, 0.05) is 0 Å². The zero-order valence-electron chi connectivity index (χ0n) is 7.64. The Bertz CT molecular complexity index is 485. The predicted octanol–water partition coefficient (Wildman–Crippen LogP) is 1.45. The van der Waals surface area contributed by atoms with Crippen molar-refractivity contribution in [2.45, 2.75) is 18.1 Å². The van der Waals surface area contributed by atoms with Crippen LogP contribution in [0.4, 0.5) is 5.82 Å². The number of hydrogen-bond acceptors (Lipinski definition) is 4. The van der Waals surface area contributed by atoms with E-state index in [9.17, 15) is 13.5 Å². The summed E-state index contributed by atoms with van der Waals surface area (Å²) in [5.74, 6) is 0.191. The first-order chi connectivity index (χ1) is 6.99. The molecule has 0 bridgehead atoms. The number of hydrogen-bond donors (Lipinski definition) is 2. The van der Waals surface area contributed by atoms with Crippen molar-refractivity contribution in [2.24, 2.45) is 0 Å². The summed E-state index contributed by atoms with van der Waals surface area (Å²) < 4.78 is 25.6. The van der Waals surface area contributed by atoms with Gasteiger partial charge in [-0.2, -0.15) is 0 Å². The number of anilines is 1. The van der Waals surface area contributed by atoms with E-state index in [1.807, 2.05) is 0 Å². The van der Waals surface area contributed by atoms with Crippen LogP contribution in [0.15, 0.2) is 16.7 Å². The number of pyridine rings is 1. The Morgan fingerprint density at radius 3 is 2.67 bits per heavy atom. The highest BCUT2D eigenvalue weighted by Gasteiger charge is 2.35. The molecule has 1 aliphatic carbocycles. The standard InChI is InChI=1S/C8H9BrN2O3S/c9-8-6(12)3-4-7(10-8)11-15(13,14)5-1-2-5/h3-5,12H,1-2H2,(H,10,11). The lowest BCUT2D eigenvalue weighted by molar-refractivity contribution is 0.469. The third kappa shape index (κ3) is 2.40. The SMILES string of the molecule is O=S(=O)(Nc1ccc(O)c(Br)n1)C1CC1. The molecule has 0 saturated heterocycles. The van der Waals surface area contributed by atoms with Crippen LogP contribution in [0.5, 0.6) is 5.75 Å². The number of aromatic hydroxyl groups is 1. The van der Waals surface area contributed by atoms with Gasteiger partial charge in [-0.3, -0.25) is 4.72 Å². The van der Waals surface area contributed by atoms with Crippen LogP contribution in [0.2, 0.25) is 0 Å². The van der Waals surface area contributed by atoms with E-state index in [1.165, 1.54) is 12.1 Å². The van der Waals surface area contributed by atoms with Crippen molar-refractivity contribution in [2.75, 3.05) is 4.72 Å². The van der Waals surface area contributed by atoms with Crippen molar-refractivity contribution in [1.82, 2.24) is 4.98 Å². The van der Waals surface area contributed by atoms with E-state index in [1.54, 1.807) is 0 Å². The van der Waals surface area contributed by atoms with E-state index >= 15 is 0 Å². The summed E-state index contributed by atoms with van der Waals surface area (Å²) in [6.45, 7) is 0. The molecule has 1 aromatic rings. The fourth-order valence-electron chi connectivity index (χ4n) is 1.09. The molecule has 1 aromatic heterocycles. The Morgan fingerprint density at radius 2 is 2.13 bits per heavy atom. The average Bonchev–Trinajstić information content (AvgIpc) is 2.93. The molecule has 0 unspecified atom stereocenters. The van der Waals surface area contributed by atoms with Crippen LogP contribution >= 0.6 is 15.9 Å². The molecule has 0 aromatic carbocycles. The summed E-state index contributed by atoms with van der Waals surface area (Å²) in [4.78, 5) is 3.84. The van der Waals surface area contributed by atoms with Gasteiger partial charge in [-0.15, -0.1) is 0 Å². The van der Waals surface area contributed by atoms with Gasteiger partial charge in [0.15, 0.2) is 0 Å². The normalized spacial score (nSPS) is 16.3. The molecule has 1 aliphatic rings. The molecule has 0 radical (unpaired) electrons. The second-order valence-corrected chi connectivity index (χ2v) is 6.06. The average molecular weight is 293 g/mol. The highest BCUT2D eigenvalue weighted by molar-refractivity contribution is 9.10. The van der Waals surface area contributed by atoms with Crippen LogP contribution in [0, 0.1) is 0 Å². The summed E-state index contributed by atoms with van der Waals surface area (Å²) in [6.07, 6.45) is 1.41. The molecule has 2 N–H and O–H groups in total. The first kappa shape index (κ1) is 10.7. The van der Waals surface area contributed by atoms with Gasteiger partial charge in [0.2, 0.25) is 10.0 Å². The van der Waals surface area contributed by atoms with Crippen molar-refractivity contribution in [3.63, 3.8) is 0 Å². The first-order valence-corrected chi connectivity index (χ1v) is 6.70. The van der Waals surface area contributed by atoms with Crippen LogP contribution in [0.1, 0.15) is 12.8 Å². The summed E-state index contributed by atoms with van der Waals surface area (Å²) >= 11 is 3.01. The highest BCUT2D eigenvalue weighted by Crippen LogP contribution is 2.30. The number of rotatable bonds is 3. The Balaban J connectivity index is 2.21. The minimum atomic E-state index is -3.28. The lowest BCUT2D eigenvalue weighted by Gasteiger charge is -2.06. The Kier molecular flexibility index (Phi) is 2.59. The largest absolute Gasteiger partial charge is 0.505 e. The number of halogens is 1. The van der Waals surface area contributed by atoms with Crippen molar-refractivity contribution < 1.29 is 13.5 Å². The number of sulfonamides is 1. The zero-order chi connectivity index (χ0) is 11.1. The Hall–Kier alpha value is -0.820. The van der Waals surface area contributed by atoms with Gasteiger partial charge >= 0.3 is 0 Å². The molecule has 1 saturated carbocycles. The van der Waals surface area contributed by atoms with Gasteiger partial charge in [-0.05, 0) is 40.9 Å². The van der Waals surface area contributed by atoms with Gasteiger partial charge < -0.3 is 5.11 Å². The highest BCUT2D eigenvalue weighted by atomic mass is 79.9. The van der Waals surface area contributed by atoms with E-state index in [2.05, 4.69) is 25.6 Å². The summed E-state index contributed by atoms with van der Waals surface area (Å²) in [6, 6.07) is 2.79. The van der Waals surface area contributed by atoms with E-state index in [0.717, 1.165) is 0 Å². The van der Waals surface area contributed by atoms with Gasteiger partial charge in [-0.25, -0.2) is 13.4 Å². The van der Waals surface area contributed by atoms with E-state index in [0.29, 0.717) is 12.8 Å². The Labute approximate surface area is 95.7 Å². The summed E-state index contributed by atoms with van der Waals surface area (Å²) in [5, 5.41) is 8.89. The molecule has 5 nitrogen and oxygen atoms in total. The minimum absolute atomic E-state index is 0.0237. The molecule has 15 heavy (non-hydrogen) atoms. The first-order valence-electron chi connectivity index (χ1n) is 4.36. The molecule has 1 heterocycles. The maximum absolute atomic E-state index is 11.5. The predicted molar refractivity (Wildman–Crippen MR) is 59.2 cm³/mol. The second-order valence-electron chi connectivity index (χ2n) is 3.35. The van der Waals surface area contributed by atoms with Crippen molar-refractivity contribution >= 4 is 31.8 Å². The molecule has 0 atom stereocenters. The molecular formula is C8H9BrN2O3S. The molecule has 82 valence electrons. The van der Waals surface area contributed by atoms with Crippen molar-refractivity contribution in [3.8, 4) is 5.75 Å². The zero-order valence-corrected chi connectivity index (χ0v) is 10.0. The molecule has 7 heteroatoms. The number of nitrogens with zero attached hydrogens (tertiary/aromatic N) is 1. The third-order valence-corrected chi connectivity index (χ3v) is 4.47. The van der Waals surface area contributed by atoms with Gasteiger partial charge in [0.25, 0.3) is 0 Å². The van der Waals surface area contributed by atoms with Crippen molar-refractivity contribution in [3.05, 3.63) is 16.7 Å². The smallest absolute Gasteiger partial charge is 0.236 e. The van der Waals surface area contributed by atoms with Crippen molar-refractivity contribution in [1.29, 1.82) is 0 Å². The fourth-order valence-corrected chi connectivity index (χ4v) is 2.74. The van der Waals surface area contributed by atoms with E-state index in [-0.39, 0.29) is 21.4 Å². The molecular weight excluding hydrogens is 284 g/mol. The van der Waals surface area contributed by atoms with E-state index in [4.69, 9.17) is 0 Å². The summed E-state index contributed by atoms with van der Waals surface area (Å²) in [5.41, 5.74) is 0. The fraction of sp³-hybridized carbons (Fsp3) is 0.375. The maximum atomic E-state index is 11.5. The molecule has 2 rings (SSSR count). The summed E-state index contributed by atoms with van der Waals surface area (Å²) in [7, 11) is -3.28. The number of aromatic nitrogens is 1. The maximum Gasteiger partial charge on any atom is 0.236 e. The van der Waals surface area contributed by atoms with Crippen LogP contribution in [-0.2, 0) is 10.0 Å². The van der Waals surface area contributed by atoms with Gasteiger partial charge in [0.05, 0.1) is 5.25 Å². The minimum Gasteiger partial charge on any atom is -0.505 e. The van der Waals surface area contributed by atoms with Crippen LogP contribution in [-0.4, -0.2) is 23.8 Å². The van der Waals surface area contributed by atoms with Gasteiger partial charge in [0.1, 0.15) is 16.2 Å². The molecule has 0 aliphatic heterocycles. The second kappa shape index (κ2) is 3.64. The molecule has 0 amide bonds. The van der Waals surface area contributed by atoms with Crippen LogP contribution < -0.4 is 4.72 Å². The third-order valence-electron chi connectivity index (χ3n) is 2.04. The lowest BCUT2D eigenvalue weighted by atomic mass is 10.4.